The van der Waals surface area contributed by atoms with Crippen molar-refractivity contribution in [3.63, 3.8) is 0 Å². The standard InChI is InChI=1S/C22H24N4O5/c1-14(21(28)24-12-15-4-6-23-7-5-15)25-22(29)16-10-20(27)26(13-16)17-2-3-18-19(11-17)31-9-8-30-18/h2-7,11,14,16H,8-10,12-13H2,1H3,(H,24,28)(H,25,29). The van der Waals surface area contributed by atoms with E-state index in [0.29, 0.717) is 36.9 Å². The lowest BCUT2D eigenvalue weighted by Crippen LogP contribution is -2.46. The molecule has 1 saturated heterocycles. The highest BCUT2D eigenvalue weighted by Crippen LogP contribution is 2.35. The largest absolute Gasteiger partial charge is 0.486 e. The summed E-state index contributed by atoms with van der Waals surface area (Å²) in [7, 11) is 0. The first-order chi connectivity index (χ1) is 15.0. The Morgan fingerprint density at radius 3 is 2.68 bits per heavy atom. The molecule has 0 bridgehead atoms. The fraction of sp³-hybridized carbons (Fsp3) is 0.364. The van der Waals surface area contributed by atoms with E-state index in [1.165, 1.54) is 0 Å². The number of fused-ring (bicyclic) bond motifs is 1. The molecule has 2 aliphatic heterocycles. The predicted octanol–water partition coefficient (Wildman–Crippen LogP) is 1.03. The van der Waals surface area contributed by atoms with Gasteiger partial charge in [0.15, 0.2) is 11.5 Å². The number of pyridine rings is 1. The third kappa shape index (κ3) is 4.76. The molecule has 0 spiro atoms. The molecule has 4 rings (SSSR count). The van der Waals surface area contributed by atoms with E-state index in [4.69, 9.17) is 9.47 Å². The summed E-state index contributed by atoms with van der Waals surface area (Å²) >= 11 is 0. The third-order valence-electron chi connectivity index (χ3n) is 5.30. The molecule has 3 heterocycles. The number of nitrogens with one attached hydrogen (secondary N) is 2. The molecule has 1 aromatic carbocycles. The highest BCUT2D eigenvalue weighted by molar-refractivity contribution is 6.01. The Morgan fingerprint density at radius 1 is 1.16 bits per heavy atom. The quantitative estimate of drug-likeness (QED) is 0.717. The van der Waals surface area contributed by atoms with Gasteiger partial charge in [-0.05, 0) is 36.8 Å². The molecule has 2 aromatic rings. The van der Waals surface area contributed by atoms with E-state index in [1.54, 1.807) is 54.5 Å². The number of carbonyl (C=O) groups is 3. The first kappa shape index (κ1) is 20.6. The monoisotopic (exact) mass is 424 g/mol. The van der Waals surface area contributed by atoms with Crippen LogP contribution in [0.3, 0.4) is 0 Å². The first-order valence-electron chi connectivity index (χ1n) is 10.2. The van der Waals surface area contributed by atoms with E-state index in [2.05, 4.69) is 15.6 Å². The van der Waals surface area contributed by atoms with Gasteiger partial charge in [0, 0.05) is 43.7 Å². The lowest BCUT2D eigenvalue weighted by molar-refractivity contribution is -0.131. The van der Waals surface area contributed by atoms with Gasteiger partial charge in [-0.3, -0.25) is 19.4 Å². The van der Waals surface area contributed by atoms with Crippen LogP contribution in [-0.4, -0.2) is 48.5 Å². The molecule has 31 heavy (non-hydrogen) atoms. The van der Waals surface area contributed by atoms with Crippen LogP contribution in [0.5, 0.6) is 11.5 Å². The Bertz CT molecular complexity index is 981. The van der Waals surface area contributed by atoms with Gasteiger partial charge in [-0.25, -0.2) is 0 Å². The van der Waals surface area contributed by atoms with Gasteiger partial charge in [-0.15, -0.1) is 0 Å². The normalized spacial score (nSPS) is 18.4. The van der Waals surface area contributed by atoms with Crippen LogP contribution in [-0.2, 0) is 20.9 Å². The molecule has 162 valence electrons. The maximum Gasteiger partial charge on any atom is 0.242 e. The van der Waals surface area contributed by atoms with Crippen molar-refractivity contribution in [1.82, 2.24) is 15.6 Å². The number of ether oxygens (including phenoxy) is 2. The summed E-state index contributed by atoms with van der Waals surface area (Å²) in [6.07, 6.45) is 3.39. The second-order valence-corrected chi connectivity index (χ2v) is 7.54. The number of carbonyl (C=O) groups excluding carboxylic acids is 3. The van der Waals surface area contributed by atoms with Crippen LogP contribution in [0.25, 0.3) is 0 Å². The minimum absolute atomic E-state index is 0.0889. The highest BCUT2D eigenvalue weighted by Gasteiger charge is 2.36. The molecule has 2 aliphatic rings. The lowest BCUT2D eigenvalue weighted by Gasteiger charge is -2.22. The topological polar surface area (TPSA) is 110 Å². The van der Waals surface area contributed by atoms with Crippen molar-refractivity contribution in [2.24, 2.45) is 5.92 Å². The Hall–Kier alpha value is -3.62. The minimum Gasteiger partial charge on any atom is -0.486 e. The van der Waals surface area contributed by atoms with Gasteiger partial charge in [-0.1, -0.05) is 0 Å². The van der Waals surface area contributed by atoms with Crippen molar-refractivity contribution >= 4 is 23.4 Å². The van der Waals surface area contributed by atoms with E-state index < -0.39 is 12.0 Å². The Morgan fingerprint density at radius 2 is 1.90 bits per heavy atom. The number of hydrogen-bond acceptors (Lipinski definition) is 6. The van der Waals surface area contributed by atoms with Crippen LogP contribution in [0, 0.1) is 5.92 Å². The molecule has 2 N–H and O–H groups in total. The van der Waals surface area contributed by atoms with Crippen molar-refractivity contribution in [3.05, 3.63) is 48.3 Å². The maximum atomic E-state index is 12.7. The number of rotatable bonds is 6. The lowest BCUT2D eigenvalue weighted by atomic mass is 10.1. The summed E-state index contributed by atoms with van der Waals surface area (Å²) < 4.78 is 11.1. The van der Waals surface area contributed by atoms with Crippen LogP contribution in [0.2, 0.25) is 0 Å². The molecule has 2 atom stereocenters. The highest BCUT2D eigenvalue weighted by atomic mass is 16.6. The summed E-state index contributed by atoms with van der Waals surface area (Å²) in [5.41, 5.74) is 1.58. The van der Waals surface area contributed by atoms with Gasteiger partial charge in [0.1, 0.15) is 19.3 Å². The molecule has 0 radical (unpaired) electrons. The Labute approximate surface area is 179 Å². The zero-order valence-electron chi connectivity index (χ0n) is 17.2. The van der Waals surface area contributed by atoms with Gasteiger partial charge >= 0.3 is 0 Å². The second kappa shape index (κ2) is 9.03. The molecule has 3 amide bonds. The van der Waals surface area contributed by atoms with Crippen molar-refractivity contribution in [2.45, 2.75) is 25.9 Å². The van der Waals surface area contributed by atoms with E-state index in [9.17, 15) is 14.4 Å². The maximum absolute atomic E-state index is 12.7. The zero-order valence-corrected chi connectivity index (χ0v) is 17.2. The van der Waals surface area contributed by atoms with Crippen molar-refractivity contribution < 1.29 is 23.9 Å². The van der Waals surface area contributed by atoms with Crippen molar-refractivity contribution in [3.8, 4) is 11.5 Å². The van der Waals surface area contributed by atoms with Gasteiger partial charge in [0.05, 0.1) is 5.92 Å². The number of benzene rings is 1. The minimum atomic E-state index is -0.715. The van der Waals surface area contributed by atoms with Crippen LogP contribution in [0.15, 0.2) is 42.7 Å². The molecular formula is C22H24N4O5. The van der Waals surface area contributed by atoms with E-state index >= 15 is 0 Å². The summed E-state index contributed by atoms with van der Waals surface area (Å²) in [6, 6.07) is 8.19. The first-order valence-corrected chi connectivity index (χ1v) is 10.2. The van der Waals surface area contributed by atoms with Crippen LogP contribution >= 0.6 is 0 Å². The fourth-order valence-corrected chi connectivity index (χ4v) is 3.57. The van der Waals surface area contributed by atoms with Crippen LogP contribution < -0.4 is 25.0 Å². The molecule has 1 fully saturated rings. The number of anilines is 1. The molecular weight excluding hydrogens is 400 g/mol. The van der Waals surface area contributed by atoms with E-state index in [-0.39, 0.29) is 30.7 Å². The number of nitrogens with zero attached hydrogens (tertiary/aromatic N) is 2. The smallest absolute Gasteiger partial charge is 0.242 e. The number of aromatic nitrogens is 1. The summed E-state index contributed by atoms with van der Waals surface area (Å²) in [5.74, 6) is -0.0626. The fourth-order valence-electron chi connectivity index (χ4n) is 3.57. The third-order valence-corrected chi connectivity index (χ3v) is 5.30. The molecule has 9 heteroatoms. The summed E-state index contributed by atoms with van der Waals surface area (Å²) in [4.78, 5) is 43.0. The molecule has 0 aliphatic carbocycles. The van der Waals surface area contributed by atoms with Gasteiger partial charge < -0.3 is 25.0 Å². The molecule has 1 aromatic heterocycles. The molecule has 2 unspecified atom stereocenters. The molecule has 0 saturated carbocycles. The zero-order chi connectivity index (χ0) is 21.8. The second-order valence-electron chi connectivity index (χ2n) is 7.54. The predicted molar refractivity (Wildman–Crippen MR) is 112 cm³/mol. The summed E-state index contributed by atoms with van der Waals surface area (Å²) in [6.45, 7) is 3.16. The van der Waals surface area contributed by atoms with Gasteiger partial charge in [-0.2, -0.15) is 0 Å². The average Bonchev–Trinajstić information content (AvgIpc) is 3.19. The van der Waals surface area contributed by atoms with Crippen LogP contribution in [0.4, 0.5) is 5.69 Å². The summed E-state index contributed by atoms with van der Waals surface area (Å²) in [5, 5.41) is 5.50. The number of amides is 3. The van der Waals surface area contributed by atoms with E-state index in [0.717, 1.165) is 5.56 Å². The van der Waals surface area contributed by atoms with Crippen LogP contribution in [0.1, 0.15) is 18.9 Å². The van der Waals surface area contributed by atoms with Gasteiger partial charge in [0.25, 0.3) is 0 Å². The van der Waals surface area contributed by atoms with Crippen molar-refractivity contribution in [1.29, 1.82) is 0 Å². The van der Waals surface area contributed by atoms with E-state index in [1.807, 2.05) is 0 Å². The molecule has 9 nitrogen and oxygen atoms in total. The van der Waals surface area contributed by atoms with Gasteiger partial charge in [0.2, 0.25) is 17.7 Å². The van der Waals surface area contributed by atoms with Crippen molar-refractivity contribution in [2.75, 3.05) is 24.7 Å². The number of hydrogen-bond donors (Lipinski definition) is 2. The average molecular weight is 424 g/mol. The SMILES string of the molecule is CC(NC(=O)C1CC(=O)N(c2ccc3c(c2)OCCO3)C1)C(=O)NCc1ccncc1. The Kier molecular flexibility index (Phi) is 6.01. The Balaban J connectivity index is 1.32.